The molecule has 0 saturated heterocycles. The third kappa shape index (κ3) is 2.05. The van der Waals surface area contributed by atoms with Crippen LogP contribution in [0.2, 0.25) is 0 Å². The van der Waals surface area contributed by atoms with Crippen LogP contribution in [0.5, 0.6) is 0 Å². The van der Waals surface area contributed by atoms with Crippen LogP contribution in [0, 0.1) is 0 Å². The van der Waals surface area contributed by atoms with E-state index in [2.05, 4.69) is 0 Å². The number of carboxylic acid groups (broad SMARTS) is 1. The highest BCUT2D eigenvalue weighted by molar-refractivity contribution is 5.74. The number of aryl methyl sites for hydroxylation is 1. The molecule has 0 fully saturated rings. The van der Waals surface area contributed by atoms with Gasteiger partial charge in [0, 0.05) is 5.56 Å². The molecule has 0 amide bonds. The van der Waals surface area contributed by atoms with Gasteiger partial charge in [-0.15, -0.1) is 0 Å². The van der Waals surface area contributed by atoms with E-state index in [9.17, 15) is 9.18 Å². The highest BCUT2D eigenvalue weighted by atomic mass is 19.1. The van der Waals surface area contributed by atoms with Gasteiger partial charge in [0.05, 0.1) is 0 Å². The quantitative estimate of drug-likeness (QED) is 0.779. The number of halogens is 1. The summed E-state index contributed by atoms with van der Waals surface area (Å²) in [5.41, 5.74) is 1.01. The molecule has 1 rings (SSSR count). The van der Waals surface area contributed by atoms with Crippen molar-refractivity contribution in [3.63, 3.8) is 0 Å². The standard InChI is InChI=1S/C10H11FO2/c1-2-7-5-3-4-6-8(7)9(11)10(12)13/h3-6,9H,2H2,1H3,(H,12,13). The van der Waals surface area contributed by atoms with Crippen LogP contribution in [-0.4, -0.2) is 11.1 Å². The van der Waals surface area contributed by atoms with E-state index in [0.29, 0.717) is 6.42 Å². The minimum Gasteiger partial charge on any atom is -0.479 e. The van der Waals surface area contributed by atoms with Crippen molar-refractivity contribution < 1.29 is 14.3 Å². The molecule has 0 aliphatic rings. The van der Waals surface area contributed by atoms with Crippen LogP contribution >= 0.6 is 0 Å². The Balaban J connectivity index is 3.05. The number of carboxylic acids is 1. The van der Waals surface area contributed by atoms with E-state index in [4.69, 9.17) is 5.11 Å². The maximum atomic E-state index is 13.1. The first kappa shape index (κ1) is 9.71. The number of benzene rings is 1. The van der Waals surface area contributed by atoms with Gasteiger partial charge in [0.25, 0.3) is 0 Å². The third-order valence-corrected chi connectivity index (χ3v) is 1.93. The molecule has 1 unspecified atom stereocenters. The second-order valence-corrected chi connectivity index (χ2v) is 2.75. The molecule has 0 aliphatic heterocycles. The van der Waals surface area contributed by atoms with Crippen LogP contribution in [0.15, 0.2) is 24.3 Å². The van der Waals surface area contributed by atoms with Gasteiger partial charge in [-0.3, -0.25) is 0 Å². The number of carbonyl (C=O) groups is 1. The largest absolute Gasteiger partial charge is 0.479 e. The summed E-state index contributed by atoms with van der Waals surface area (Å²) < 4.78 is 13.1. The molecular formula is C10H11FO2. The second kappa shape index (κ2) is 4.03. The Morgan fingerprint density at radius 1 is 1.54 bits per heavy atom. The molecule has 1 atom stereocenters. The van der Waals surface area contributed by atoms with E-state index in [-0.39, 0.29) is 5.56 Å². The molecule has 0 saturated carbocycles. The van der Waals surface area contributed by atoms with Gasteiger partial charge in [0.2, 0.25) is 6.17 Å². The van der Waals surface area contributed by atoms with Gasteiger partial charge < -0.3 is 5.11 Å². The summed E-state index contributed by atoms with van der Waals surface area (Å²) in [6.07, 6.45) is -1.26. The van der Waals surface area contributed by atoms with Crippen molar-refractivity contribution in [3.05, 3.63) is 35.4 Å². The van der Waals surface area contributed by atoms with E-state index in [1.54, 1.807) is 18.2 Å². The fourth-order valence-electron chi connectivity index (χ4n) is 1.24. The van der Waals surface area contributed by atoms with Crippen molar-refractivity contribution in [3.8, 4) is 0 Å². The number of aliphatic carboxylic acids is 1. The van der Waals surface area contributed by atoms with Crippen LogP contribution < -0.4 is 0 Å². The minimum absolute atomic E-state index is 0.262. The Kier molecular flexibility index (Phi) is 3.01. The Hall–Kier alpha value is -1.38. The van der Waals surface area contributed by atoms with Gasteiger partial charge >= 0.3 is 5.97 Å². The van der Waals surface area contributed by atoms with Crippen LogP contribution in [0.4, 0.5) is 4.39 Å². The predicted molar refractivity (Wildman–Crippen MR) is 47.3 cm³/mol. The molecule has 70 valence electrons. The van der Waals surface area contributed by atoms with E-state index in [1.165, 1.54) is 6.07 Å². The van der Waals surface area contributed by atoms with Crippen molar-refractivity contribution in [2.75, 3.05) is 0 Å². The predicted octanol–water partition coefficient (Wildman–Crippen LogP) is 2.34. The second-order valence-electron chi connectivity index (χ2n) is 2.75. The summed E-state index contributed by atoms with van der Waals surface area (Å²) in [5.74, 6) is -1.43. The zero-order chi connectivity index (χ0) is 9.84. The Morgan fingerprint density at radius 2 is 2.15 bits per heavy atom. The van der Waals surface area contributed by atoms with Crippen molar-refractivity contribution in [2.24, 2.45) is 0 Å². The van der Waals surface area contributed by atoms with Crippen molar-refractivity contribution in [1.29, 1.82) is 0 Å². The lowest BCUT2D eigenvalue weighted by Gasteiger charge is -2.08. The average Bonchev–Trinajstić information content (AvgIpc) is 2.16. The Morgan fingerprint density at radius 3 is 2.69 bits per heavy atom. The fraction of sp³-hybridized carbons (Fsp3) is 0.300. The van der Waals surface area contributed by atoms with Gasteiger partial charge in [0.15, 0.2) is 0 Å². The van der Waals surface area contributed by atoms with Crippen LogP contribution in [0.3, 0.4) is 0 Å². The molecule has 0 aromatic heterocycles. The zero-order valence-electron chi connectivity index (χ0n) is 7.33. The smallest absolute Gasteiger partial charge is 0.343 e. The molecule has 13 heavy (non-hydrogen) atoms. The first-order valence-corrected chi connectivity index (χ1v) is 4.11. The average molecular weight is 182 g/mol. The lowest BCUT2D eigenvalue weighted by Crippen LogP contribution is -2.08. The minimum atomic E-state index is -1.91. The number of hydrogen-bond acceptors (Lipinski definition) is 1. The first-order chi connectivity index (χ1) is 6.16. The summed E-state index contributed by atoms with van der Waals surface area (Å²) in [6.45, 7) is 1.87. The number of rotatable bonds is 3. The molecule has 0 aliphatic carbocycles. The van der Waals surface area contributed by atoms with Crippen LogP contribution in [0.25, 0.3) is 0 Å². The van der Waals surface area contributed by atoms with Crippen molar-refractivity contribution in [2.45, 2.75) is 19.5 Å². The van der Waals surface area contributed by atoms with E-state index in [1.807, 2.05) is 6.92 Å². The Bertz CT molecular complexity index is 310. The van der Waals surface area contributed by atoms with Crippen LogP contribution in [0.1, 0.15) is 24.2 Å². The van der Waals surface area contributed by atoms with Gasteiger partial charge in [-0.25, -0.2) is 9.18 Å². The molecule has 2 nitrogen and oxygen atoms in total. The van der Waals surface area contributed by atoms with Gasteiger partial charge in [-0.2, -0.15) is 0 Å². The van der Waals surface area contributed by atoms with E-state index < -0.39 is 12.1 Å². The van der Waals surface area contributed by atoms with Gasteiger partial charge in [-0.05, 0) is 12.0 Å². The normalized spacial score (nSPS) is 12.5. The maximum absolute atomic E-state index is 13.1. The van der Waals surface area contributed by atoms with Crippen molar-refractivity contribution in [1.82, 2.24) is 0 Å². The summed E-state index contributed by atoms with van der Waals surface area (Å²) in [6, 6.07) is 6.67. The van der Waals surface area contributed by atoms with Crippen molar-refractivity contribution >= 4 is 5.97 Å². The highest BCUT2D eigenvalue weighted by Crippen LogP contribution is 2.21. The molecule has 0 radical (unpaired) electrons. The zero-order valence-corrected chi connectivity index (χ0v) is 7.33. The topological polar surface area (TPSA) is 37.3 Å². The molecule has 1 N–H and O–H groups in total. The highest BCUT2D eigenvalue weighted by Gasteiger charge is 2.20. The molecule has 3 heteroatoms. The molecule has 1 aromatic rings. The molecule has 0 bridgehead atoms. The molecular weight excluding hydrogens is 171 g/mol. The summed E-state index contributed by atoms with van der Waals surface area (Å²) in [7, 11) is 0. The third-order valence-electron chi connectivity index (χ3n) is 1.93. The van der Waals surface area contributed by atoms with Gasteiger partial charge in [-0.1, -0.05) is 31.2 Å². The van der Waals surface area contributed by atoms with Crippen LogP contribution in [-0.2, 0) is 11.2 Å². The summed E-state index contributed by atoms with van der Waals surface area (Å²) >= 11 is 0. The molecule has 1 aromatic carbocycles. The Labute approximate surface area is 76.0 Å². The fourth-order valence-corrected chi connectivity index (χ4v) is 1.24. The van der Waals surface area contributed by atoms with E-state index in [0.717, 1.165) is 5.56 Å². The number of alkyl halides is 1. The molecule has 0 heterocycles. The SMILES string of the molecule is CCc1ccccc1C(F)C(=O)O. The maximum Gasteiger partial charge on any atom is 0.343 e. The first-order valence-electron chi connectivity index (χ1n) is 4.11. The lowest BCUT2D eigenvalue weighted by atomic mass is 10.0. The van der Waals surface area contributed by atoms with Gasteiger partial charge in [0.1, 0.15) is 0 Å². The summed E-state index contributed by atoms with van der Waals surface area (Å²) in [4.78, 5) is 10.4. The number of hydrogen-bond donors (Lipinski definition) is 1. The summed E-state index contributed by atoms with van der Waals surface area (Å²) in [5, 5.41) is 8.48. The molecule has 0 spiro atoms. The lowest BCUT2D eigenvalue weighted by molar-refractivity contribution is -0.143. The monoisotopic (exact) mass is 182 g/mol. The van der Waals surface area contributed by atoms with E-state index >= 15 is 0 Å².